The predicted octanol–water partition coefficient (Wildman–Crippen LogP) is 4.77. The lowest BCUT2D eigenvalue weighted by Gasteiger charge is -2.36. The molecule has 2 aliphatic carbocycles. The van der Waals surface area contributed by atoms with Crippen LogP contribution in [0.4, 0.5) is 4.39 Å². The van der Waals surface area contributed by atoms with Crippen molar-refractivity contribution in [1.29, 1.82) is 0 Å². The summed E-state index contributed by atoms with van der Waals surface area (Å²) in [6.07, 6.45) is 6.49. The molecular formula is C25H32ClFN2O. The molecule has 3 N–H and O–H groups in total. The Labute approximate surface area is 185 Å². The van der Waals surface area contributed by atoms with Gasteiger partial charge in [-0.1, -0.05) is 36.4 Å². The maximum absolute atomic E-state index is 13.8. The van der Waals surface area contributed by atoms with Gasteiger partial charge in [0.25, 0.3) is 0 Å². The van der Waals surface area contributed by atoms with Gasteiger partial charge in [0.05, 0.1) is 0 Å². The van der Waals surface area contributed by atoms with Gasteiger partial charge >= 0.3 is 0 Å². The Bertz CT molecular complexity index is 836. The summed E-state index contributed by atoms with van der Waals surface area (Å²) >= 11 is 0. The molecular weight excluding hydrogens is 399 g/mol. The number of hydrogen-bond donors (Lipinski definition) is 2. The van der Waals surface area contributed by atoms with Crippen molar-refractivity contribution >= 4 is 18.3 Å². The van der Waals surface area contributed by atoms with Gasteiger partial charge in [0.2, 0.25) is 5.91 Å². The van der Waals surface area contributed by atoms with Gasteiger partial charge in [-0.25, -0.2) is 4.39 Å². The number of aryl methyl sites for hydroxylation is 1. The Kier molecular flexibility index (Phi) is 7.90. The van der Waals surface area contributed by atoms with Crippen molar-refractivity contribution in [1.82, 2.24) is 5.32 Å². The second kappa shape index (κ2) is 10.4. The van der Waals surface area contributed by atoms with Crippen LogP contribution in [0.2, 0.25) is 0 Å². The summed E-state index contributed by atoms with van der Waals surface area (Å²) in [4.78, 5) is 13.0. The third-order valence-corrected chi connectivity index (χ3v) is 6.89. The molecule has 2 aromatic carbocycles. The van der Waals surface area contributed by atoms with E-state index in [0.717, 1.165) is 57.1 Å². The molecule has 1 unspecified atom stereocenters. The average molecular weight is 431 g/mol. The van der Waals surface area contributed by atoms with E-state index in [-0.39, 0.29) is 42.0 Å². The monoisotopic (exact) mass is 430 g/mol. The number of fused-ring (bicyclic) bond motifs is 1. The van der Waals surface area contributed by atoms with E-state index in [9.17, 15) is 9.18 Å². The molecule has 3 nitrogen and oxygen atoms in total. The molecule has 0 aliphatic heterocycles. The highest BCUT2D eigenvalue weighted by atomic mass is 35.5. The molecule has 0 spiro atoms. The fraction of sp³-hybridized carbons (Fsp3) is 0.480. The van der Waals surface area contributed by atoms with Crippen LogP contribution in [0, 0.1) is 17.7 Å². The summed E-state index contributed by atoms with van der Waals surface area (Å²) in [5.41, 5.74) is 9.30. The van der Waals surface area contributed by atoms with Crippen molar-refractivity contribution in [2.75, 3.05) is 6.54 Å². The molecule has 0 heterocycles. The highest BCUT2D eigenvalue weighted by Crippen LogP contribution is 2.36. The minimum Gasteiger partial charge on any atom is -0.352 e. The number of benzene rings is 2. The maximum Gasteiger partial charge on any atom is 0.223 e. The van der Waals surface area contributed by atoms with Crippen LogP contribution in [0.5, 0.6) is 0 Å². The highest BCUT2D eigenvalue weighted by Gasteiger charge is 2.33. The minimum atomic E-state index is -0.179. The van der Waals surface area contributed by atoms with Crippen molar-refractivity contribution < 1.29 is 9.18 Å². The van der Waals surface area contributed by atoms with Gasteiger partial charge in [-0.15, -0.1) is 12.4 Å². The van der Waals surface area contributed by atoms with Crippen LogP contribution in [0.3, 0.4) is 0 Å². The lowest BCUT2D eigenvalue weighted by atomic mass is 9.75. The van der Waals surface area contributed by atoms with Gasteiger partial charge in [-0.05, 0) is 86.2 Å². The largest absolute Gasteiger partial charge is 0.352 e. The second-order valence-corrected chi connectivity index (χ2v) is 8.75. The van der Waals surface area contributed by atoms with E-state index < -0.39 is 0 Å². The molecule has 0 bridgehead atoms. The van der Waals surface area contributed by atoms with E-state index in [2.05, 4.69) is 17.4 Å². The summed E-state index contributed by atoms with van der Waals surface area (Å²) in [6.45, 7) is 0.726. The highest BCUT2D eigenvalue weighted by molar-refractivity contribution is 5.85. The quantitative estimate of drug-likeness (QED) is 0.717. The van der Waals surface area contributed by atoms with Crippen LogP contribution in [-0.4, -0.2) is 18.5 Å². The molecule has 0 saturated heterocycles. The molecule has 2 atom stereocenters. The first kappa shape index (κ1) is 22.8. The lowest BCUT2D eigenvalue weighted by molar-refractivity contribution is -0.127. The summed E-state index contributed by atoms with van der Waals surface area (Å²) in [5.74, 6) is 0.854. The number of hydrogen-bond acceptors (Lipinski definition) is 2. The number of nitrogens with two attached hydrogens (primary N) is 1. The fourth-order valence-corrected chi connectivity index (χ4v) is 5.14. The molecule has 2 aliphatic rings. The average Bonchev–Trinajstić information content (AvgIpc) is 2.76. The van der Waals surface area contributed by atoms with Crippen molar-refractivity contribution in [3.8, 4) is 0 Å². The van der Waals surface area contributed by atoms with Crippen LogP contribution < -0.4 is 11.1 Å². The van der Waals surface area contributed by atoms with Gasteiger partial charge < -0.3 is 11.1 Å². The number of carbonyl (C=O) groups excluding carboxylic acids is 1. The van der Waals surface area contributed by atoms with Crippen LogP contribution in [0.25, 0.3) is 0 Å². The summed E-state index contributed by atoms with van der Waals surface area (Å²) in [6, 6.07) is 15.6. The third kappa shape index (κ3) is 5.22. The van der Waals surface area contributed by atoms with Crippen molar-refractivity contribution in [2.45, 2.75) is 56.9 Å². The topological polar surface area (TPSA) is 55.1 Å². The summed E-state index contributed by atoms with van der Waals surface area (Å²) in [5, 5.41) is 3.38. The van der Waals surface area contributed by atoms with Gasteiger partial charge in [0.1, 0.15) is 5.82 Å². The SMILES string of the molecule is Cl.NC[C@H]1CC[C@@H](C(=O)N[C@@H]2CCc3cc(F)ccc3C2Cc2ccccc2)CC1. The number of amides is 1. The fourth-order valence-electron chi connectivity index (χ4n) is 5.14. The Hall–Kier alpha value is -1.91. The Balaban J connectivity index is 0.00000256. The maximum atomic E-state index is 13.8. The molecule has 30 heavy (non-hydrogen) atoms. The first-order valence-electron chi connectivity index (χ1n) is 11.0. The van der Waals surface area contributed by atoms with E-state index in [1.165, 1.54) is 11.1 Å². The van der Waals surface area contributed by atoms with Crippen LogP contribution >= 0.6 is 12.4 Å². The predicted molar refractivity (Wildman–Crippen MR) is 121 cm³/mol. The first-order chi connectivity index (χ1) is 14.1. The lowest BCUT2D eigenvalue weighted by Crippen LogP contribution is -2.45. The van der Waals surface area contributed by atoms with Crippen LogP contribution in [0.15, 0.2) is 48.5 Å². The van der Waals surface area contributed by atoms with Gasteiger partial charge in [-0.2, -0.15) is 0 Å². The number of rotatable bonds is 5. The smallest absolute Gasteiger partial charge is 0.223 e. The molecule has 5 heteroatoms. The number of nitrogens with one attached hydrogen (secondary N) is 1. The van der Waals surface area contributed by atoms with Crippen molar-refractivity contribution in [3.63, 3.8) is 0 Å². The third-order valence-electron chi connectivity index (χ3n) is 6.89. The number of carbonyl (C=O) groups is 1. The summed E-state index contributed by atoms with van der Waals surface area (Å²) < 4.78 is 13.8. The zero-order valence-corrected chi connectivity index (χ0v) is 18.2. The first-order valence-corrected chi connectivity index (χ1v) is 11.0. The van der Waals surface area contributed by atoms with Gasteiger partial charge in [-0.3, -0.25) is 4.79 Å². The summed E-state index contributed by atoms with van der Waals surface area (Å²) in [7, 11) is 0. The molecule has 4 rings (SSSR count). The van der Waals surface area contributed by atoms with Crippen LogP contribution in [0.1, 0.15) is 54.7 Å². The van der Waals surface area contributed by atoms with E-state index in [1.807, 2.05) is 24.3 Å². The Morgan fingerprint density at radius 1 is 1.03 bits per heavy atom. The minimum absolute atomic E-state index is 0. The van der Waals surface area contributed by atoms with Gasteiger partial charge in [0.15, 0.2) is 0 Å². The normalized spacial score (nSPS) is 25.7. The zero-order valence-electron chi connectivity index (χ0n) is 17.4. The van der Waals surface area contributed by atoms with Crippen molar-refractivity contribution in [2.24, 2.45) is 17.6 Å². The van der Waals surface area contributed by atoms with E-state index in [1.54, 1.807) is 12.1 Å². The molecule has 0 aromatic heterocycles. The van der Waals surface area contributed by atoms with Gasteiger partial charge in [0, 0.05) is 17.9 Å². The Morgan fingerprint density at radius 3 is 2.47 bits per heavy atom. The molecule has 1 amide bonds. The molecule has 2 aromatic rings. The van der Waals surface area contributed by atoms with E-state index >= 15 is 0 Å². The zero-order chi connectivity index (χ0) is 20.2. The standard InChI is InChI=1S/C25H31FN2O.ClH/c26-21-11-12-22-20(15-21)10-13-24(23(22)14-17-4-2-1-3-5-17)28-25(29)19-8-6-18(16-27)7-9-19;/h1-5,11-12,15,18-19,23-24H,6-10,13-14,16,27H2,(H,28,29);1H/t18-,19+,23?,24-;/m1./s1. The van der Waals surface area contributed by atoms with Crippen LogP contribution in [-0.2, 0) is 17.6 Å². The van der Waals surface area contributed by atoms with Crippen molar-refractivity contribution in [3.05, 3.63) is 71.0 Å². The second-order valence-electron chi connectivity index (χ2n) is 8.75. The molecule has 1 fully saturated rings. The van der Waals surface area contributed by atoms with E-state index in [4.69, 9.17) is 5.73 Å². The Morgan fingerprint density at radius 2 is 1.77 bits per heavy atom. The number of halogens is 2. The molecule has 1 saturated carbocycles. The molecule has 162 valence electrons. The van der Waals surface area contributed by atoms with E-state index in [0.29, 0.717) is 5.92 Å². The molecule has 0 radical (unpaired) electrons.